The molecule has 2 unspecified atom stereocenters. The van der Waals surface area contributed by atoms with Crippen molar-refractivity contribution in [3.05, 3.63) is 12.2 Å². The summed E-state index contributed by atoms with van der Waals surface area (Å²) in [5, 5.41) is 9.31. The summed E-state index contributed by atoms with van der Waals surface area (Å²) in [6.07, 6.45) is 11.2. The molecule has 4 rings (SSSR count). The first kappa shape index (κ1) is 17.1. The third kappa shape index (κ3) is 2.32. The molecule has 4 heteroatoms. The Kier molecular flexibility index (Phi) is 3.82. The van der Waals surface area contributed by atoms with Gasteiger partial charge in [-0.3, -0.25) is 9.59 Å². The number of amides is 1. The molecule has 7 atom stereocenters. The molecular weight excluding hydrogens is 314 g/mol. The summed E-state index contributed by atoms with van der Waals surface area (Å²) < 4.78 is 0. The van der Waals surface area contributed by atoms with Crippen molar-refractivity contribution in [1.82, 2.24) is 4.90 Å². The van der Waals surface area contributed by atoms with Crippen LogP contribution in [0.15, 0.2) is 12.2 Å². The zero-order valence-corrected chi connectivity index (χ0v) is 15.7. The van der Waals surface area contributed by atoms with Gasteiger partial charge in [-0.05, 0) is 73.7 Å². The standard InChI is InChI=1S/C21H31NO3/c1-20-10-8-16-14(15(20)6-4-13(20)12-19(24)25)5-7-17-21(16,2)11-9-18(23)22(17)3/h9,11,13-17H,4-8,10,12H2,1-3H3,(H,24,25)/t13-,14?,15+,16?,17-,20-,21-/m1/s1. The Morgan fingerprint density at radius 1 is 1.20 bits per heavy atom. The molecule has 138 valence electrons. The average molecular weight is 345 g/mol. The van der Waals surface area contributed by atoms with Crippen molar-refractivity contribution in [3.63, 3.8) is 0 Å². The fourth-order valence-electron chi connectivity index (χ4n) is 7.39. The second-order valence-corrected chi connectivity index (χ2v) is 9.54. The Labute approximate surface area is 150 Å². The van der Waals surface area contributed by atoms with Crippen molar-refractivity contribution in [2.24, 2.45) is 34.5 Å². The van der Waals surface area contributed by atoms with Gasteiger partial charge in [-0.15, -0.1) is 0 Å². The Balaban J connectivity index is 1.63. The molecule has 0 aromatic heterocycles. The van der Waals surface area contributed by atoms with Gasteiger partial charge in [0, 0.05) is 24.9 Å². The van der Waals surface area contributed by atoms with E-state index in [-0.39, 0.29) is 16.7 Å². The minimum atomic E-state index is -0.639. The van der Waals surface area contributed by atoms with Crippen molar-refractivity contribution < 1.29 is 14.7 Å². The van der Waals surface area contributed by atoms with E-state index in [1.165, 1.54) is 19.3 Å². The smallest absolute Gasteiger partial charge is 0.303 e. The SMILES string of the molecule is CN1C(=O)C=C[C@]2(C)C3CC[C@]4(C)[C@@H](CC(=O)O)CC[C@H]4C3CC[C@@H]12. The molecule has 0 aromatic rings. The number of hydrogen-bond donors (Lipinski definition) is 1. The fourth-order valence-corrected chi connectivity index (χ4v) is 7.39. The number of carbonyl (C=O) groups excluding carboxylic acids is 1. The normalized spacial score (nSPS) is 48.7. The van der Waals surface area contributed by atoms with Crippen molar-refractivity contribution in [3.8, 4) is 0 Å². The summed E-state index contributed by atoms with van der Waals surface area (Å²) >= 11 is 0. The zero-order chi connectivity index (χ0) is 18.0. The van der Waals surface area contributed by atoms with Gasteiger partial charge in [0.2, 0.25) is 5.91 Å². The second-order valence-electron chi connectivity index (χ2n) is 9.54. The summed E-state index contributed by atoms with van der Waals surface area (Å²) in [6, 6.07) is 0.326. The lowest BCUT2D eigenvalue weighted by Gasteiger charge is -2.60. The van der Waals surface area contributed by atoms with Gasteiger partial charge in [-0.25, -0.2) is 0 Å². The maximum absolute atomic E-state index is 12.1. The van der Waals surface area contributed by atoms with Gasteiger partial charge < -0.3 is 10.0 Å². The number of nitrogens with zero attached hydrogens (tertiary/aromatic N) is 1. The molecular formula is C21H31NO3. The van der Waals surface area contributed by atoms with Gasteiger partial charge in [0.25, 0.3) is 0 Å². The Hall–Kier alpha value is -1.32. The quantitative estimate of drug-likeness (QED) is 0.830. The van der Waals surface area contributed by atoms with Crippen LogP contribution in [0, 0.1) is 34.5 Å². The Morgan fingerprint density at radius 2 is 1.96 bits per heavy atom. The number of fused-ring (bicyclic) bond motifs is 5. The number of carboxylic acid groups (broad SMARTS) is 1. The van der Waals surface area contributed by atoms with Crippen LogP contribution in [-0.2, 0) is 9.59 Å². The number of carboxylic acids is 1. The number of rotatable bonds is 2. The van der Waals surface area contributed by atoms with E-state index in [4.69, 9.17) is 0 Å². The van der Waals surface area contributed by atoms with Crippen LogP contribution >= 0.6 is 0 Å². The lowest BCUT2D eigenvalue weighted by atomic mass is 9.47. The lowest BCUT2D eigenvalue weighted by Crippen LogP contribution is -2.59. The lowest BCUT2D eigenvalue weighted by molar-refractivity contribution is -0.142. The van der Waals surface area contributed by atoms with Gasteiger partial charge in [-0.2, -0.15) is 0 Å². The molecule has 3 aliphatic carbocycles. The molecule has 4 aliphatic rings. The Morgan fingerprint density at radius 3 is 2.68 bits per heavy atom. The van der Waals surface area contributed by atoms with E-state index < -0.39 is 5.97 Å². The molecule has 0 bridgehead atoms. The highest BCUT2D eigenvalue weighted by atomic mass is 16.4. The highest BCUT2D eigenvalue weighted by Gasteiger charge is 2.60. The van der Waals surface area contributed by atoms with E-state index in [2.05, 4.69) is 19.9 Å². The summed E-state index contributed by atoms with van der Waals surface area (Å²) in [4.78, 5) is 25.4. The number of carbonyl (C=O) groups is 2. The minimum absolute atomic E-state index is 0.0811. The van der Waals surface area contributed by atoms with Gasteiger partial charge >= 0.3 is 5.97 Å². The third-order valence-corrected chi connectivity index (χ3v) is 8.75. The number of aliphatic carboxylic acids is 1. The topological polar surface area (TPSA) is 57.6 Å². The molecule has 3 saturated carbocycles. The summed E-state index contributed by atoms with van der Waals surface area (Å²) in [6.45, 7) is 4.73. The molecule has 3 fully saturated rings. The highest BCUT2D eigenvalue weighted by Crippen LogP contribution is 2.65. The van der Waals surface area contributed by atoms with Crippen LogP contribution in [0.3, 0.4) is 0 Å². The zero-order valence-electron chi connectivity index (χ0n) is 15.7. The molecule has 1 heterocycles. The van der Waals surface area contributed by atoms with E-state index in [1.54, 1.807) is 6.08 Å². The minimum Gasteiger partial charge on any atom is -0.481 e. The van der Waals surface area contributed by atoms with Gasteiger partial charge in [0.05, 0.1) is 0 Å². The number of likely N-dealkylation sites (N-methyl/N-ethyl adjacent to an activating group) is 1. The summed E-state index contributed by atoms with van der Waals surface area (Å²) in [5.74, 6) is 1.81. The van der Waals surface area contributed by atoms with Gasteiger partial charge in [0.1, 0.15) is 0 Å². The average Bonchev–Trinajstić information content (AvgIpc) is 2.88. The molecule has 0 saturated heterocycles. The van der Waals surface area contributed by atoms with Crippen LogP contribution in [-0.4, -0.2) is 35.0 Å². The first-order valence-corrected chi connectivity index (χ1v) is 9.95. The van der Waals surface area contributed by atoms with Crippen LogP contribution in [0.5, 0.6) is 0 Å². The highest BCUT2D eigenvalue weighted by molar-refractivity contribution is 5.89. The van der Waals surface area contributed by atoms with Crippen molar-refractivity contribution in [2.45, 2.75) is 64.8 Å². The van der Waals surface area contributed by atoms with Crippen LogP contribution in [0.2, 0.25) is 0 Å². The van der Waals surface area contributed by atoms with E-state index in [0.717, 1.165) is 19.3 Å². The molecule has 0 radical (unpaired) electrons. The molecule has 1 N–H and O–H groups in total. The molecule has 25 heavy (non-hydrogen) atoms. The fraction of sp³-hybridized carbons (Fsp3) is 0.810. The largest absolute Gasteiger partial charge is 0.481 e. The molecule has 1 aliphatic heterocycles. The Bertz CT molecular complexity index is 629. The molecule has 0 spiro atoms. The van der Waals surface area contributed by atoms with Crippen LogP contribution < -0.4 is 0 Å². The van der Waals surface area contributed by atoms with Crippen molar-refractivity contribution >= 4 is 11.9 Å². The summed E-state index contributed by atoms with van der Waals surface area (Å²) in [5.41, 5.74) is 0.278. The van der Waals surface area contributed by atoms with E-state index in [9.17, 15) is 14.7 Å². The predicted octanol–water partition coefficient (Wildman–Crippen LogP) is 3.72. The first-order valence-electron chi connectivity index (χ1n) is 9.95. The van der Waals surface area contributed by atoms with E-state index >= 15 is 0 Å². The van der Waals surface area contributed by atoms with Gasteiger partial charge in [-0.1, -0.05) is 19.9 Å². The van der Waals surface area contributed by atoms with Crippen LogP contribution in [0.1, 0.15) is 58.8 Å². The monoisotopic (exact) mass is 345 g/mol. The summed E-state index contributed by atoms with van der Waals surface area (Å²) in [7, 11) is 1.96. The van der Waals surface area contributed by atoms with E-state index in [0.29, 0.717) is 36.1 Å². The van der Waals surface area contributed by atoms with Crippen molar-refractivity contribution in [2.75, 3.05) is 7.05 Å². The molecule has 1 amide bonds. The predicted molar refractivity (Wildman–Crippen MR) is 95.8 cm³/mol. The third-order valence-electron chi connectivity index (χ3n) is 8.75. The first-order chi connectivity index (χ1) is 11.8. The molecule has 0 aromatic carbocycles. The van der Waals surface area contributed by atoms with Crippen LogP contribution in [0.4, 0.5) is 0 Å². The number of hydrogen-bond acceptors (Lipinski definition) is 2. The van der Waals surface area contributed by atoms with Crippen molar-refractivity contribution in [1.29, 1.82) is 0 Å². The maximum atomic E-state index is 12.1. The van der Waals surface area contributed by atoms with Gasteiger partial charge in [0.15, 0.2) is 0 Å². The maximum Gasteiger partial charge on any atom is 0.303 e. The molecule has 4 nitrogen and oxygen atoms in total. The van der Waals surface area contributed by atoms with E-state index in [1.807, 2.05) is 11.9 Å². The second kappa shape index (κ2) is 5.59. The van der Waals surface area contributed by atoms with Crippen LogP contribution in [0.25, 0.3) is 0 Å².